The monoisotopic (exact) mass is 269 g/mol. The number of hydrogen-bond donors (Lipinski definition) is 0. The molecule has 1 aromatic carbocycles. The van der Waals surface area contributed by atoms with Gasteiger partial charge in [0.1, 0.15) is 18.2 Å². The van der Waals surface area contributed by atoms with Crippen LogP contribution in [0.4, 0.5) is 13.2 Å². The van der Waals surface area contributed by atoms with Gasteiger partial charge in [-0.1, -0.05) is 11.6 Å². The van der Waals surface area contributed by atoms with Gasteiger partial charge in [0, 0.05) is 0 Å². The highest BCUT2D eigenvalue weighted by Crippen LogP contribution is 2.40. The number of nitrogens with zero attached hydrogens (tertiary/aromatic N) is 3. The van der Waals surface area contributed by atoms with E-state index in [0.29, 0.717) is 0 Å². The van der Waals surface area contributed by atoms with Crippen LogP contribution in [0.1, 0.15) is 27.8 Å². The van der Waals surface area contributed by atoms with Crippen LogP contribution in [0.2, 0.25) is 5.02 Å². The Bertz CT molecular complexity index is 642. The van der Waals surface area contributed by atoms with Crippen LogP contribution in [-0.4, -0.2) is 0 Å². The van der Waals surface area contributed by atoms with E-state index in [-0.39, 0.29) is 0 Å². The minimum absolute atomic E-state index is 0.416. The molecule has 0 aliphatic carbocycles. The number of hydrogen-bond acceptors (Lipinski definition) is 3. The van der Waals surface area contributed by atoms with Gasteiger partial charge in [0.2, 0.25) is 0 Å². The Labute approximate surface area is 105 Å². The lowest BCUT2D eigenvalue weighted by molar-refractivity contribution is -0.138. The first kappa shape index (κ1) is 13.8. The van der Waals surface area contributed by atoms with Gasteiger partial charge >= 0.3 is 6.18 Å². The maximum atomic E-state index is 12.8. The van der Waals surface area contributed by atoms with Gasteiger partial charge in [-0.3, -0.25) is 0 Å². The summed E-state index contributed by atoms with van der Waals surface area (Å²) in [6, 6.07) is 4.36. The highest BCUT2D eigenvalue weighted by Gasteiger charge is 2.39. The number of benzene rings is 1. The van der Waals surface area contributed by atoms with E-state index in [1.165, 1.54) is 18.2 Å². The van der Waals surface area contributed by atoms with Crippen molar-refractivity contribution in [3.05, 3.63) is 32.8 Å². The molecule has 0 fully saturated rings. The molecule has 0 unspecified atom stereocenters. The van der Waals surface area contributed by atoms with Crippen LogP contribution in [0.3, 0.4) is 0 Å². The van der Waals surface area contributed by atoms with Crippen LogP contribution in [0.15, 0.2) is 0 Å². The van der Waals surface area contributed by atoms with Crippen molar-refractivity contribution in [2.24, 2.45) is 0 Å². The van der Waals surface area contributed by atoms with E-state index in [1.807, 2.05) is 0 Å². The van der Waals surface area contributed by atoms with Gasteiger partial charge in [0.15, 0.2) is 0 Å². The molecule has 1 rings (SSSR count). The maximum Gasteiger partial charge on any atom is 0.418 e. The van der Waals surface area contributed by atoms with Crippen molar-refractivity contribution >= 4 is 11.6 Å². The van der Waals surface area contributed by atoms with Crippen LogP contribution in [0.25, 0.3) is 0 Å². The first-order valence-electron chi connectivity index (χ1n) is 4.43. The Kier molecular flexibility index (Phi) is 3.51. The second-order valence-electron chi connectivity index (χ2n) is 3.27. The third-order valence-corrected chi connectivity index (χ3v) is 2.69. The molecular weight excluding hydrogens is 267 g/mol. The molecule has 0 amide bonds. The summed E-state index contributed by atoms with van der Waals surface area (Å²) in [5.74, 6) is 0. The zero-order valence-corrected chi connectivity index (χ0v) is 9.61. The second-order valence-corrected chi connectivity index (χ2v) is 3.65. The summed E-state index contributed by atoms with van der Waals surface area (Å²) in [4.78, 5) is 0. The summed E-state index contributed by atoms with van der Waals surface area (Å²) >= 11 is 5.58. The molecule has 0 saturated carbocycles. The number of halogens is 4. The second kappa shape index (κ2) is 4.56. The average molecular weight is 270 g/mol. The Balaban J connectivity index is 4.00. The van der Waals surface area contributed by atoms with Crippen molar-refractivity contribution in [2.45, 2.75) is 13.1 Å². The number of rotatable bonds is 0. The molecule has 0 radical (unpaired) electrons. The molecule has 0 N–H and O–H groups in total. The number of nitriles is 3. The summed E-state index contributed by atoms with van der Waals surface area (Å²) in [5, 5.41) is 25.7. The molecule has 3 nitrogen and oxygen atoms in total. The zero-order valence-electron chi connectivity index (χ0n) is 8.85. The van der Waals surface area contributed by atoms with E-state index in [4.69, 9.17) is 27.4 Å². The van der Waals surface area contributed by atoms with Gasteiger partial charge in [-0.2, -0.15) is 29.0 Å². The molecule has 0 aliphatic heterocycles. The molecule has 0 aliphatic rings. The van der Waals surface area contributed by atoms with Crippen molar-refractivity contribution in [3.8, 4) is 18.2 Å². The van der Waals surface area contributed by atoms with Crippen molar-refractivity contribution in [1.82, 2.24) is 0 Å². The maximum absolute atomic E-state index is 12.8. The Morgan fingerprint density at radius 2 is 1.39 bits per heavy atom. The number of alkyl halides is 3. The molecule has 0 bridgehead atoms. The first-order chi connectivity index (χ1) is 8.29. The van der Waals surface area contributed by atoms with Crippen LogP contribution < -0.4 is 0 Å². The standard InChI is InChI=1S/C11H3ClF3N3/c1-5-6(2-16)7(3-17)10(12)8(4-18)9(5)11(13,14)15/h1H3. The molecule has 1 aromatic rings. The van der Waals surface area contributed by atoms with E-state index >= 15 is 0 Å². The summed E-state index contributed by atoms with van der Waals surface area (Å²) in [7, 11) is 0. The highest BCUT2D eigenvalue weighted by molar-refractivity contribution is 6.33. The van der Waals surface area contributed by atoms with E-state index < -0.39 is 39.0 Å². The van der Waals surface area contributed by atoms with E-state index in [9.17, 15) is 13.2 Å². The highest BCUT2D eigenvalue weighted by atomic mass is 35.5. The topological polar surface area (TPSA) is 71.4 Å². The minimum atomic E-state index is -4.82. The lowest BCUT2D eigenvalue weighted by Gasteiger charge is -2.15. The molecule has 0 atom stereocenters. The molecule has 0 aromatic heterocycles. The minimum Gasteiger partial charge on any atom is -0.192 e. The fourth-order valence-electron chi connectivity index (χ4n) is 1.55. The van der Waals surface area contributed by atoms with Gasteiger partial charge < -0.3 is 0 Å². The smallest absolute Gasteiger partial charge is 0.192 e. The largest absolute Gasteiger partial charge is 0.418 e. The summed E-state index contributed by atoms with van der Waals surface area (Å²) in [5.41, 5.74) is -3.46. The van der Waals surface area contributed by atoms with Gasteiger partial charge in [-0.25, -0.2) is 0 Å². The summed E-state index contributed by atoms with van der Waals surface area (Å²) in [6.07, 6.45) is -4.82. The molecule has 0 spiro atoms. The average Bonchev–Trinajstić information content (AvgIpc) is 2.28. The van der Waals surface area contributed by atoms with Crippen molar-refractivity contribution < 1.29 is 13.2 Å². The van der Waals surface area contributed by atoms with E-state index in [0.717, 1.165) is 6.92 Å². The Hall–Kier alpha value is -2.23. The third-order valence-electron chi connectivity index (χ3n) is 2.31. The normalized spacial score (nSPS) is 10.3. The van der Waals surface area contributed by atoms with Gasteiger partial charge in [-0.15, -0.1) is 0 Å². The van der Waals surface area contributed by atoms with Crippen LogP contribution in [-0.2, 0) is 6.18 Å². The van der Waals surface area contributed by atoms with Crippen LogP contribution in [0.5, 0.6) is 0 Å². The Morgan fingerprint density at radius 3 is 1.72 bits per heavy atom. The predicted octanol–water partition coefficient (Wildman–Crippen LogP) is 3.28. The van der Waals surface area contributed by atoms with E-state index in [2.05, 4.69) is 0 Å². The van der Waals surface area contributed by atoms with Crippen molar-refractivity contribution in [3.63, 3.8) is 0 Å². The van der Waals surface area contributed by atoms with Gasteiger partial charge in [0.05, 0.1) is 27.3 Å². The fraction of sp³-hybridized carbons (Fsp3) is 0.182. The fourth-order valence-corrected chi connectivity index (χ4v) is 1.82. The molecular formula is C11H3ClF3N3. The molecule has 18 heavy (non-hydrogen) atoms. The molecule has 7 heteroatoms. The lowest BCUT2D eigenvalue weighted by atomic mass is 9.93. The Morgan fingerprint density at radius 1 is 0.944 bits per heavy atom. The van der Waals surface area contributed by atoms with Gasteiger partial charge in [0.25, 0.3) is 0 Å². The lowest BCUT2D eigenvalue weighted by Crippen LogP contribution is -2.13. The summed E-state index contributed by atoms with van der Waals surface area (Å²) in [6.45, 7) is 1.03. The molecule has 90 valence electrons. The van der Waals surface area contributed by atoms with Crippen LogP contribution >= 0.6 is 11.6 Å². The third kappa shape index (κ3) is 1.97. The van der Waals surface area contributed by atoms with Crippen LogP contribution in [0, 0.1) is 40.9 Å². The van der Waals surface area contributed by atoms with Gasteiger partial charge in [-0.05, 0) is 12.5 Å². The molecule has 0 saturated heterocycles. The summed E-state index contributed by atoms with van der Waals surface area (Å²) < 4.78 is 38.5. The predicted molar refractivity (Wildman–Crippen MR) is 55.3 cm³/mol. The van der Waals surface area contributed by atoms with Crippen molar-refractivity contribution in [2.75, 3.05) is 0 Å². The first-order valence-corrected chi connectivity index (χ1v) is 4.80. The molecule has 0 heterocycles. The zero-order chi connectivity index (χ0) is 14.1. The quantitative estimate of drug-likeness (QED) is 0.725. The van der Waals surface area contributed by atoms with E-state index in [1.54, 1.807) is 0 Å². The van der Waals surface area contributed by atoms with Crippen molar-refractivity contribution in [1.29, 1.82) is 15.8 Å². The SMILES string of the molecule is Cc1c(C#N)c(C#N)c(Cl)c(C#N)c1C(F)(F)F.